The SMILES string of the molecule is C/C(=C\Cl)CC1(CN)CCCC1O. The van der Waals surface area contributed by atoms with E-state index in [0.717, 1.165) is 31.3 Å². The number of nitrogens with two attached hydrogens (primary N) is 1. The second-order valence-electron chi connectivity index (χ2n) is 4.11. The molecule has 1 aliphatic rings. The van der Waals surface area contributed by atoms with Crippen LogP contribution < -0.4 is 5.73 Å². The summed E-state index contributed by atoms with van der Waals surface area (Å²) < 4.78 is 0. The lowest BCUT2D eigenvalue weighted by Crippen LogP contribution is -2.37. The minimum absolute atomic E-state index is 0.102. The van der Waals surface area contributed by atoms with Crippen LogP contribution in [0.15, 0.2) is 11.1 Å². The van der Waals surface area contributed by atoms with Crippen LogP contribution in [-0.4, -0.2) is 17.8 Å². The maximum Gasteiger partial charge on any atom is 0.0611 e. The molecule has 13 heavy (non-hydrogen) atoms. The largest absolute Gasteiger partial charge is 0.392 e. The minimum atomic E-state index is -0.246. The molecule has 1 aliphatic carbocycles. The molecule has 0 aliphatic heterocycles. The quantitative estimate of drug-likeness (QED) is 0.737. The van der Waals surface area contributed by atoms with Crippen molar-refractivity contribution in [2.24, 2.45) is 11.1 Å². The first-order valence-electron chi connectivity index (χ1n) is 4.78. The lowest BCUT2D eigenvalue weighted by Gasteiger charge is -2.31. The Labute approximate surface area is 84.8 Å². The van der Waals surface area contributed by atoms with Crippen molar-refractivity contribution in [3.8, 4) is 0 Å². The van der Waals surface area contributed by atoms with Crippen molar-refractivity contribution in [2.45, 2.75) is 38.7 Å². The van der Waals surface area contributed by atoms with Gasteiger partial charge in [-0.15, -0.1) is 0 Å². The molecule has 2 atom stereocenters. The Hall–Kier alpha value is -0.0500. The first kappa shape index (κ1) is 11.0. The van der Waals surface area contributed by atoms with E-state index in [4.69, 9.17) is 17.3 Å². The molecular weight excluding hydrogens is 186 g/mol. The van der Waals surface area contributed by atoms with Crippen LogP contribution in [0.3, 0.4) is 0 Å². The molecule has 0 radical (unpaired) electrons. The number of hydrogen-bond donors (Lipinski definition) is 2. The van der Waals surface area contributed by atoms with Gasteiger partial charge < -0.3 is 10.8 Å². The monoisotopic (exact) mass is 203 g/mol. The van der Waals surface area contributed by atoms with Gasteiger partial charge in [0, 0.05) is 17.5 Å². The van der Waals surface area contributed by atoms with Crippen LogP contribution in [0.5, 0.6) is 0 Å². The van der Waals surface area contributed by atoms with Gasteiger partial charge in [-0.25, -0.2) is 0 Å². The van der Waals surface area contributed by atoms with E-state index in [2.05, 4.69) is 0 Å². The minimum Gasteiger partial charge on any atom is -0.392 e. The Morgan fingerprint density at radius 3 is 2.85 bits per heavy atom. The molecule has 0 aromatic rings. The average Bonchev–Trinajstić information content (AvgIpc) is 2.48. The highest BCUT2D eigenvalue weighted by Crippen LogP contribution is 2.42. The van der Waals surface area contributed by atoms with Crippen LogP contribution in [0, 0.1) is 5.41 Å². The molecule has 0 saturated heterocycles. The predicted octanol–water partition coefficient (Wildman–Crippen LogP) is 2.01. The van der Waals surface area contributed by atoms with Crippen molar-refractivity contribution in [1.29, 1.82) is 0 Å². The summed E-state index contributed by atoms with van der Waals surface area (Å²) in [5.41, 5.74) is 8.32. The third-order valence-corrected chi connectivity index (χ3v) is 3.46. The zero-order chi connectivity index (χ0) is 9.90. The fourth-order valence-corrected chi connectivity index (χ4v) is 2.31. The predicted molar refractivity (Wildman–Crippen MR) is 55.6 cm³/mol. The first-order chi connectivity index (χ1) is 6.14. The number of rotatable bonds is 3. The molecule has 0 aromatic heterocycles. The summed E-state index contributed by atoms with van der Waals surface area (Å²) in [6.07, 6.45) is 3.56. The normalized spacial score (nSPS) is 35.4. The molecule has 3 heteroatoms. The van der Waals surface area contributed by atoms with Gasteiger partial charge in [0.25, 0.3) is 0 Å². The topological polar surface area (TPSA) is 46.2 Å². The second-order valence-corrected chi connectivity index (χ2v) is 4.32. The summed E-state index contributed by atoms with van der Waals surface area (Å²) in [6.45, 7) is 2.53. The van der Waals surface area contributed by atoms with Gasteiger partial charge in [-0.05, 0) is 26.2 Å². The molecule has 1 rings (SSSR count). The lowest BCUT2D eigenvalue weighted by atomic mass is 9.79. The van der Waals surface area contributed by atoms with E-state index in [1.165, 1.54) is 0 Å². The molecule has 2 nitrogen and oxygen atoms in total. The molecule has 3 N–H and O–H groups in total. The van der Waals surface area contributed by atoms with Crippen LogP contribution in [0.4, 0.5) is 0 Å². The molecule has 0 heterocycles. The summed E-state index contributed by atoms with van der Waals surface area (Å²) in [7, 11) is 0. The average molecular weight is 204 g/mol. The highest BCUT2D eigenvalue weighted by Gasteiger charge is 2.40. The van der Waals surface area contributed by atoms with Crippen molar-refractivity contribution in [3.05, 3.63) is 11.1 Å². The van der Waals surface area contributed by atoms with E-state index in [1.54, 1.807) is 5.54 Å². The number of aliphatic hydroxyl groups excluding tert-OH is 1. The Morgan fingerprint density at radius 2 is 2.46 bits per heavy atom. The number of aliphatic hydroxyl groups is 1. The molecule has 1 fully saturated rings. The molecule has 0 spiro atoms. The van der Waals surface area contributed by atoms with Gasteiger partial charge in [-0.3, -0.25) is 0 Å². The third kappa shape index (κ3) is 2.25. The van der Waals surface area contributed by atoms with E-state index in [9.17, 15) is 5.11 Å². The van der Waals surface area contributed by atoms with Crippen LogP contribution in [0.25, 0.3) is 0 Å². The Bertz CT molecular complexity index is 205. The van der Waals surface area contributed by atoms with E-state index < -0.39 is 0 Å². The van der Waals surface area contributed by atoms with Crippen LogP contribution in [0.2, 0.25) is 0 Å². The van der Waals surface area contributed by atoms with Crippen molar-refractivity contribution in [1.82, 2.24) is 0 Å². The summed E-state index contributed by atoms with van der Waals surface area (Å²) in [5.74, 6) is 0. The fourth-order valence-electron chi connectivity index (χ4n) is 2.23. The fraction of sp³-hybridized carbons (Fsp3) is 0.800. The van der Waals surface area contributed by atoms with Crippen LogP contribution in [0.1, 0.15) is 32.6 Å². The third-order valence-electron chi connectivity index (χ3n) is 3.08. The zero-order valence-corrected chi connectivity index (χ0v) is 8.85. The molecule has 76 valence electrons. The van der Waals surface area contributed by atoms with Gasteiger partial charge in [0.2, 0.25) is 0 Å². The molecule has 0 aromatic carbocycles. The van der Waals surface area contributed by atoms with Crippen LogP contribution in [-0.2, 0) is 0 Å². The first-order valence-corrected chi connectivity index (χ1v) is 5.22. The molecule has 2 unspecified atom stereocenters. The van der Waals surface area contributed by atoms with Crippen molar-refractivity contribution >= 4 is 11.6 Å². The summed E-state index contributed by atoms with van der Waals surface area (Å²) in [6, 6.07) is 0. The Kier molecular flexibility index (Phi) is 3.77. The zero-order valence-electron chi connectivity index (χ0n) is 8.09. The van der Waals surface area contributed by atoms with Gasteiger partial charge >= 0.3 is 0 Å². The molecular formula is C10H18ClNO. The maximum absolute atomic E-state index is 9.83. The number of hydrogen-bond acceptors (Lipinski definition) is 2. The Morgan fingerprint density at radius 1 is 1.77 bits per heavy atom. The van der Waals surface area contributed by atoms with Crippen molar-refractivity contribution in [3.63, 3.8) is 0 Å². The van der Waals surface area contributed by atoms with E-state index in [0.29, 0.717) is 6.54 Å². The maximum atomic E-state index is 9.83. The van der Waals surface area contributed by atoms with Gasteiger partial charge in [0.15, 0.2) is 0 Å². The second kappa shape index (κ2) is 4.45. The highest BCUT2D eigenvalue weighted by atomic mass is 35.5. The van der Waals surface area contributed by atoms with Gasteiger partial charge in [0.1, 0.15) is 0 Å². The molecule has 1 saturated carbocycles. The summed E-state index contributed by atoms with van der Waals surface area (Å²) >= 11 is 5.61. The summed E-state index contributed by atoms with van der Waals surface area (Å²) in [5, 5.41) is 9.83. The molecule has 0 bridgehead atoms. The van der Waals surface area contributed by atoms with E-state index >= 15 is 0 Å². The van der Waals surface area contributed by atoms with Gasteiger partial charge in [0.05, 0.1) is 6.10 Å². The van der Waals surface area contributed by atoms with Gasteiger partial charge in [-0.2, -0.15) is 0 Å². The van der Waals surface area contributed by atoms with Crippen molar-refractivity contribution in [2.75, 3.05) is 6.54 Å². The van der Waals surface area contributed by atoms with Crippen molar-refractivity contribution < 1.29 is 5.11 Å². The number of halogens is 1. The standard InChI is InChI=1S/C10H18ClNO/c1-8(6-11)5-10(7-12)4-2-3-9(10)13/h6,9,13H,2-5,7,12H2,1H3/b8-6+. The summed E-state index contributed by atoms with van der Waals surface area (Å²) in [4.78, 5) is 0. The van der Waals surface area contributed by atoms with E-state index in [-0.39, 0.29) is 11.5 Å². The molecule has 0 amide bonds. The lowest BCUT2D eigenvalue weighted by molar-refractivity contribution is 0.0589. The van der Waals surface area contributed by atoms with Crippen LogP contribution >= 0.6 is 11.6 Å². The Balaban J connectivity index is 2.69. The van der Waals surface area contributed by atoms with Gasteiger partial charge in [-0.1, -0.05) is 23.6 Å². The van der Waals surface area contributed by atoms with E-state index in [1.807, 2.05) is 6.92 Å². The number of allylic oxidation sites excluding steroid dienone is 1. The smallest absolute Gasteiger partial charge is 0.0611 e. The highest BCUT2D eigenvalue weighted by molar-refractivity contribution is 6.25.